The summed E-state index contributed by atoms with van der Waals surface area (Å²) in [7, 11) is 0. The van der Waals surface area contributed by atoms with Crippen molar-refractivity contribution in [2.24, 2.45) is 0 Å². The number of hydrogen-bond donors (Lipinski definition) is 1. The third kappa shape index (κ3) is 2.76. The van der Waals surface area contributed by atoms with Gasteiger partial charge in [0.2, 0.25) is 0 Å². The molecular formula is C14H13BrN2O. The Morgan fingerprint density at radius 1 is 1.22 bits per heavy atom. The average molecular weight is 305 g/mol. The first kappa shape index (κ1) is 12.8. The van der Waals surface area contributed by atoms with Crippen LogP contribution in [0.4, 0.5) is 5.69 Å². The lowest BCUT2D eigenvalue weighted by molar-refractivity contribution is 0.102. The van der Waals surface area contributed by atoms with Gasteiger partial charge in [-0.1, -0.05) is 18.2 Å². The number of nitrogens with one attached hydrogen (secondary N) is 1. The lowest BCUT2D eigenvalue weighted by Gasteiger charge is -2.08. The molecule has 0 unspecified atom stereocenters. The maximum absolute atomic E-state index is 12.1. The van der Waals surface area contributed by atoms with E-state index in [2.05, 4.69) is 26.2 Å². The topological polar surface area (TPSA) is 42.0 Å². The molecule has 3 nitrogen and oxygen atoms in total. The minimum Gasteiger partial charge on any atom is -0.321 e. The maximum Gasteiger partial charge on any atom is 0.255 e. The Morgan fingerprint density at radius 3 is 2.61 bits per heavy atom. The molecule has 92 valence electrons. The number of aromatic nitrogens is 1. The Hall–Kier alpha value is -1.68. The first-order chi connectivity index (χ1) is 8.58. The molecule has 1 N–H and O–H groups in total. The molecule has 0 aliphatic heterocycles. The second kappa shape index (κ2) is 5.31. The van der Waals surface area contributed by atoms with Crippen molar-refractivity contribution >= 4 is 27.5 Å². The van der Waals surface area contributed by atoms with Crippen molar-refractivity contribution in [2.75, 3.05) is 5.32 Å². The van der Waals surface area contributed by atoms with Gasteiger partial charge in [0, 0.05) is 5.56 Å². The monoisotopic (exact) mass is 304 g/mol. The molecule has 2 rings (SSSR count). The van der Waals surface area contributed by atoms with E-state index in [9.17, 15) is 4.79 Å². The van der Waals surface area contributed by atoms with Gasteiger partial charge >= 0.3 is 0 Å². The van der Waals surface area contributed by atoms with E-state index in [0.29, 0.717) is 11.3 Å². The number of halogens is 1. The van der Waals surface area contributed by atoms with Crippen LogP contribution < -0.4 is 5.32 Å². The predicted octanol–water partition coefficient (Wildman–Crippen LogP) is 3.71. The Labute approximate surface area is 114 Å². The van der Waals surface area contributed by atoms with E-state index in [1.807, 2.05) is 44.2 Å². The second-order valence-corrected chi connectivity index (χ2v) is 4.85. The van der Waals surface area contributed by atoms with Gasteiger partial charge in [0.1, 0.15) is 4.60 Å². The number of aryl methyl sites for hydroxylation is 2. The quantitative estimate of drug-likeness (QED) is 0.859. The number of carbonyl (C=O) groups is 1. The minimum absolute atomic E-state index is 0.114. The highest BCUT2D eigenvalue weighted by atomic mass is 79.9. The number of benzene rings is 1. The molecule has 0 bridgehead atoms. The highest BCUT2D eigenvalue weighted by Gasteiger charge is 2.09. The van der Waals surface area contributed by atoms with Gasteiger partial charge in [-0.25, -0.2) is 4.98 Å². The third-order valence-electron chi connectivity index (χ3n) is 2.66. The molecule has 0 atom stereocenters. The molecule has 0 aliphatic rings. The summed E-state index contributed by atoms with van der Waals surface area (Å²) >= 11 is 3.33. The molecule has 4 heteroatoms. The fourth-order valence-electron chi connectivity index (χ4n) is 1.65. The standard InChI is InChI=1S/C14H13BrN2O/c1-9-5-3-4-6-12(9)14(18)17-11-7-10(2)13(15)16-8-11/h3-8H,1-2H3,(H,17,18). The highest BCUT2D eigenvalue weighted by molar-refractivity contribution is 9.10. The molecule has 0 saturated carbocycles. The first-order valence-corrected chi connectivity index (χ1v) is 6.36. The fraction of sp³-hybridized carbons (Fsp3) is 0.143. The summed E-state index contributed by atoms with van der Waals surface area (Å²) in [5, 5.41) is 2.84. The Morgan fingerprint density at radius 2 is 1.94 bits per heavy atom. The first-order valence-electron chi connectivity index (χ1n) is 5.57. The van der Waals surface area contributed by atoms with Crippen LogP contribution in [0.15, 0.2) is 41.1 Å². The molecule has 0 fully saturated rings. The zero-order chi connectivity index (χ0) is 13.1. The van der Waals surface area contributed by atoms with Crippen molar-refractivity contribution in [3.8, 4) is 0 Å². The van der Waals surface area contributed by atoms with Crippen LogP contribution in [0.2, 0.25) is 0 Å². The van der Waals surface area contributed by atoms with Crippen molar-refractivity contribution in [3.05, 3.63) is 57.8 Å². The molecule has 2 aromatic rings. The van der Waals surface area contributed by atoms with Crippen LogP contribution in [0, 0.1) is 13.8 Å². The van der Waals surface area contributed by atoms with Crippen LogP contribution in [-0.2, 0) is 0 Å². The van der Waals surface area contributed by atoms with Crippen molar-refractivity contribution in [1.29, 1.82) is 0 Å². The van der Waals surface area contributed by atoms with Gasteiger partial charge in [0.25, 0.3) is 5.91 Å². The van der Waals surface area contributed by atoms with E-state index < -0.39 is 0 Å². The van der Waals surface area contributed by atoms with Crippen molar-refractivity contribution in [3.63, 3.8) is 0 Å². The molecule has 0 radical (unpaired) electrons. The number of hydrogen-bond acceptors (Lipinski definition) is 2. The largest absolute Gasteiger partial charge is 0.321 e. The molecule has 0 aliphatic carbocycles. The van der Waals surface area contributed by atoms with E-state index in [1.165, 1.54) is 0 Å². The molecule has 0 saturated heterocycles. The smallest absolute Gasteiger partial charge is 0.255 e. The summed E-state index contributed by atoms with van der Waals surface area (Å²) in [6.07, 6.45) is 1.63. The lowest BCUT2D eigenvalue weighted by atomic mass is 10.1. The van der Waals surface area contributed by atoms with Gasteiger partial charge in [-0.15, -0.1) is 0 Å². The summed E-state index contributed by atoms with van der Waals surface area (Å²) < 4.78 is 0.788. The van der Waals surface area contributed by atoms with Crippen LogP contribution in [0.25, 0.3) is 0 Å². The minimum atomic E-state index is -0.114. The Bertz CT molecular complexity index is 596. The fourth-order valence-corrected chi connectivity index (χ4v) is 1.87. The van der Waals surface area contributed by atoms with Crippen LogP contribution >= 0.6 is 15.9 Å². The number of amides is 1. The van der Waals surface area contributed by atoms with Gasteiger partial charge in [0.05, 0.1) is 11.9 Å². The van der Waals surface area contributed by atoms with Gasteiger partial charge in [0.15, 0.2) is 0 Å². The molecule has 18 heavy (non-hydrogen) atoms. The summed E-state index contributed by atoms with van der Waals surface area (Å²) in [4.78, 5) is 16.2. The summed E-state index contributed by atoms with van der Waals surface area (Å²) in [6.45, 7) is 3.85. The van der Waals surface area contributed by atoms with E-state index in [-0.39, 0.29) is 5.91 Å². The third-order valence-corrected chi connectivity index (χ3v) is 3.49. The van der Waals surface area contributed by atoms with Crippen LogP contribution in [0.3, 0.4) is 0 Å². The van der Waals surface area contributed by atoms with Crippen LogP contribution in [-0.4, -0.2) is 10.9 Å². The van der Waals surface area contributed by atoms with E-state index in [4.69, 9.17) is 0 Å². The van der Waals surface area contributed by atoms with Gasteiger partial charge in [-0.2, -0.15) is 0 Å². The van der Waals surface area contributed by atoms with Gasteiger partial charge < -0.3 is 5.32 Å². The van der Waals surface area contributed by atoms with Crippen molar-refractivity contribution in [2.45, 2.75) is 13.8 Å². The molecule has 1 aromatic heterocycles. The predicted molar refractivity (Wildman–Crippen MR) is 75.8 cm³/mol. The number of pyridine rings is 1. The summed E-state index contributed by atoms with van der Waals surface area (Å²) in [5.41, 5.74) is 3.32. The Balaban J connectivity index is 2.22. The SMILES string of the molecule is Cc1ccccc1C(=O)Nc1cnc(Br)c(C)c1. The van der Waals surface area contributed by atoms with E-state index in [1.54, 1.807) is 6.20 Å². The van der Waals surface area contributed by atoms with Gasteiger partial charge in [-0.05, 0) is 53.0 Å². The zero-order valence-electron chi connectivity index (χ0n) is 10.2. The number of rotatable bonds is 2. The molecule has 1 aromatic carbocycles. The molecule has 0 spiro atoms. The zero-order valence-corrected chi connectivity index (χ0v) is 11.8. The summed E-state index contributed by atoms with van der Waals surface area (Å²) in [5.74, 6) is -0.114. The molecule has 1 heterocycles. The average Bonchev–Trinajstić information content (AvgIpc) is 2.34. The molecular weight excluding hydrogens is 292 g/mol. The van der Waals surface area contributed by atoms with Crippen molar-refractivity contribution < 1.29 is 4.79 Å². The second-order valence-electron chi connectivity index (χ2n) is 4.10. The lowest BCUT2D eigenvalue weighted by Crippen LogP contribution is -2.13. The number of anilines is 1. The van der Waals surface area contributed by atoms with E-state index in [0.717, 1.165) is 15.7 Å². The van der Waals surface area contributed by atoms with Crippen LogP contribution in [0.1, 0.15) is 21.5 Å². The number of carbonyl (C=O) groups excluding carboxylic acids is 1. The van der Waals surface area contributed by atoms with Crippen molar-refractivity contribution in [1.82, 2.24) is 4.98 Å². The van der Waals surface area contributed by atoms with Crippen LogP contribution in [0.5, 0.6) is 0 Å². The Kier molecular flexibility index (Phi) is 3.77. The highest BCUT2D eigenvalue weighted by Crippen LogP contribution is 2.18. The maximum atomic E-state index is 12.1. The summed E-state index contributed by atoms with van der Waals surface area (Å²) in [6, 6.07) is 9.38. The molecule has 1 amide bonds. The van der Waals surface area contributed by atoms with Gasteiger partial charge in [-0.3, -0.25) is 4.79 Å². The number of nitrogens with zero attached hydrogens (tertiary/aromatic N) is 1. The van der Waals surface area contributed by atoms with E-state index >= 15 is 0 Å². The normalized spacial score (nSPS) is 10.2.